The molecule has 0 radical (unpaired) electrons. The molecule has 1 rings (SSSR count). The summed E-state index contributed by atoms with van der Waals surface area (Å²) in [6.45, 7) is 7.42. The van der Waals surface area contributed by atoms with Crippen molar-refractivity contribution in [3.63, 3.8) is 0 Å². The predicted molar refractivity (Wildman–Crippen MR) is 54.7 cm³/mol. The molecular formula is C10H13N3. The number of anilines is 1. The van der Waals surface area contributed by atoms with Crippen LogP contribution in [0.25, 0.3) is 6.08 Å². The highest BCUT2D eigenvalue weighted by atomic mass is 15.1. The van der Waals surface area contributed by atoms with Gasteiger partial charge in [0.15, 0.2) is 0 Å². The Morgan fingerprint density at radius 3 is 2.23 bits per heavy atom. The number of nitrogens with zero attached hydrogens (tertiary/aromatic N) is 2. The lowest BCUT2D eigenvalue weighted by Crippen LogP contribution is -2.02. The van der Waals surface area contributed by atoms with Crippen LogP contribution in [0.4, 0.5) is 5.95 Å². The second-order valence-electron chi connectivity index (χ2n) is 2.73. The quantitative estimate of drug-likeness (QED) is 0.698. The highest BCUT2D eigenvalue weighted by molar-refractivity contribution is 5.54. The van der Waals surface area contributed by atoms with E-state index in [9.17, 15) is 0 Å². The molecule has 0 atom stereocenters. The molecule has 0 fully saturated rings. The van der Waals surface area contributed by atoms with E-state index in [0.29, 0.717) is 5.95 Å². The Morgan fingerprint density at radius 1 is 1.31 bits per heavy atom. The zero-order valence-electron chi connectivity index (χ0n) is 8.18. The number of nitrogens with one attached hydrogen (secondary N) is 1. The summed E-state index contributed by atoms with van der Waals surface area (Å²) in [4.78, 5) is 8.50. The van der Waals surface area contributed by atoms with Gasteiger partial charge in [-0.2, -0.15) is 0 Å². The Kier molecular flexibility index (Phi) is 2.83. The number of aromatic nitrogens is 2. The molecule has 0 saturated carbocycles. The smallest absolute Gasteiger partial charge is 0.222 e. The van der Waals surface area contributed by atoms with Crippen LogP contribution in [0.2, 0.25) is 0 Å². The maximum Gasteiger partial charge on any atom is 0.222 e. The highest BCUT2D eigenvalue weighted by Crippen LogP contribution is 2.13. The van der Waals surface area contributed by atoms with Crippen molar-refractivity contribution in [2.45, 2.75) is 13.8 Å². The summed E-state index contributed by atoms with van der Waals surface area (Å²) in [6.07, 6.45) is 1.80. The zero-order chi connectivity index (χ0) is 9.84. The highest BCUT2D eigenvalue weighted by Gasteiger charge is 2.03. The molecule has 0 unspecified atom stereocenters. The molecule has 68 valence electrons. The van der Waals surface area contributed by atoms with Crippen molar-refractivity contribution in [1.82, 2.24) is 9.97 Å². The molecule has 0 aromatic carbocycles. The van der Waals surface area contributed by atoms with E-state index in [0.717, 1.165) is 17.0 Å². The summed E-state index contributed by atoms with van der Waals surface area (Å²) < 4.78 is 0. The minimum Gasteiger partial charge on any atom is -0.357 e. The van der Waals surface area contributed by atoms with Crippen LogP contribution in [-0.4, -0.2) is 17.0 Å². The van der Waals surface area contributed by atoms with E-state index in [1.807, 2.05) is 13.8 Å². The molecular weight excluding hydrogens is 162 g/mol. The number of hydrogen-bond donors (Lipinski definition) is 1. The van der Waals surface area contributed by atoms with E-state index in [1.54, 1.807) is 13.1 Å². The van der Waals surface area contributed by atoms with E-state index in [1.165, 1.54) is 0 Å². The van der Waals surface area contributed by atoms with Gasteiger partial charge in [-0.15, -0.1) is 5.73 Å². The Bertz CT molecular complexity index is 339. The Hall–Kier alpha value is -1.60. The average Bonchev–Trinajstić information content (AvgIpc) is 2.11. The van der Waals surface area contributed by atoms with Gasteiger partial charge < -0.3 is 5.32 Å². The lowest BCUT2D eigenvalue weighted by molar-refractivity contribution is 1.04. The summed E-state index contributed by atoms with van der Waals surface area (Å²) >= 11 is 0. The first-order chi connectivity index (χ1) is 6.19. The molecule has 0 saturated heterocycles. The van der Waals surface area contributed by atoms with E-state index in [4.69, 9.17) is 0 Å². The molecule has 1 aromatic rings. The lowest BCUT2D eigenvalue weighted by atomic mass is 10.2. The number of rotatable bonds is 2. The number of aryl methyl sites for hydroxylation is 2. The second kappa shape index (κ2) is 3.87. The first kappa shape index (κ1) is 9.49. The van der Waals surface area contributed by atoms with Gasteiger partial charge in [0.1, 0.15) is 0 Å². The molecule has 1 aromatic heterocycles. The van der Waals surface area contributed by atoms with Gasteiger partial charge in [-0.05, 0) is 19.9 Å². The summed E-state index contributed by atoms with van der Waals surface area (Å²) in [5.74, 6) is 0.649. The Labute approximate surface area is 78.2 Å². The predicted octanol–water partition coefficient (Wildman–Crippen LogP) is 1.93. The summed E-state index contributed by atoms with van der Waals surface area (Å²) in [7, 11) is 1.80. The molecule has 3 nitrogen and oxygen atoms in total. The van der Waals surface area contributed by atoms with Gasteiger partial charge in [0, 0.05) is 12.6 Å². The fourth-order valence-electron chi connectivity index (χ4n) is 1.15. The van der Waals surface area contributed by atoms with E-state index >= 15 is 0 Å². The fraction of sp³-hybridized carbons (Fsp3) is 0.300. The first-order valence-electron chi connectivity index (χ1n) is 4.08. The first-order valence-corrected chi connectivity index (χ1v) is 4.08. The van der Waals surface area contributed by atoms with Crippen LogP contribution in [0.5, 0.6) is 0 Å². The van der Waals surface area contributed by atoms with Gasteiger partial charge in [-0.1, -0.05) is 6.58 Å². The topological polar surface area (TPSA) is 37.8 Å². The zero-order valence-corrected chi connectivity index (χ0v) is 8.18. The van der Waals surface area contributed by atoms with Crippen LogP contribution < -0.4 is 5.32 Å². The standard InChI is InChI=1S/C10H13N3/c1-5-6-9-7(2)12-10(11-4)13-8(9)3/h6H,1H2,2-4H3,(H,11,12,13). The monoisotopic (exact) mass is 175 g/mol. The molecule has 0 bridgehead atoms. The van der Waals surface area contributed by atoms with Crippen molar-refractivity contribution >= 4 is 12.0 Å². The van der Waals surface area contributed by atoms with Gasteiger partial charge in [0.2, 0.25) is 5.95 Å². The summed E-state index contributed by atoms with van der Waals surface area (Å²) in [6, 6.07) is 0. The number of hydrogen-bond acceptors (Lipinski definition) is 3. The maximum atomic E-state index is 4.25. The lowest BCUT2D eigenvalue weighted by Gasteiger charge is -2.05. The molecule has 0 aliphatic rings. The molecule has 13 heavy (non-hydrogen) atoms. The molecule has 3 heteroatoms. The van der Waals surface area contributed by atoms with Crippen LogP contribution in [0.1, 0.15) is 17.0 Å². The van der Waals surface area contributed by atoms with Crippen molar-refractivity contribution in [2.75, 3.05) is 12.4 Å². The van der Waals surface area contributed by atoms with E-state index in [2.05, 4.69) is 27.6 Å². The molecule has 0 spiro atoms. The van der Waals surface area contributed by atoms with Gasteiger partial charge in [-0.25, -0.2) is 9.97 Å². The minimum atomic E-state index is 0.649. The Morgan fingerprint density at radius 2 is 1.85 bits per heavy atom. The van der Waals surface area contributed by atoms with Gasteiger partial charge in [0.05, 0.1) is 11.4 Å². The molecule has 0 aliphatic heterocycles. The van der Waals surface area contributed by atoms with Crippen molar-refractivity contribution in [3.8, 4) is 0 Å². The molecule has 0 aliphatic carbocycles. The van der Waals surface area contributed by atoms with E-state index in [-0.39, 0.29) is 0 Å². The van der Waals surface area contributed by atoms with Crippen LogP contribution >= 0.6 is 0 Å². The largest absolute Gasteiger partial charge is 0.357 e. The molecule has 1 heterocycles. The second-order valence-corrected chi connectivity index (χ2v) is 2.73. The molecule has 0 amide bonds. The van der Waals surface area contributed by atoms with Gasteiger partial charge in [0.25, 0.3) is 0 Å². The summed E-state index contributed by atoms with van der Waals surface area (Å²) in [5.41, 5.74) is 5.60. The van der Waals surface area contributed by atoms with Crippen LogP contribution in [0.3, 0.4) is 0 Å². The van der Waals surface area contributed by atoms with Gasteiger partial charge in [-0.3, -0.25) is 0 Å². The minimum absolute atomic E-state index is 0.649. The third-order valence-corrected chi connectivity index (χ3v) is 1.80. The van der Waals surface area contributed by atoms with Crippen molar-refractivity contribution in [2.24, 2.45) is 0 Å². The maximum absolute atomic E-state index is 4.25. The van der Waals surface area contributed by atoms with Crippen molar-refractivity contribution in [1.29, 1.82) is 0 Å². The third kappa shape index (κ3) is 1.95. The summed E-state index contributed by atoms with van der Waals surface area (Å²) in [5, 5.41) is 2.91. The van der Waals surface area contributed by atoms with Crippen LogP contribution in [0, 0.1) is 13.8 Å². The van der Waals surface area contributed by atoms with Crippen LogP contribution in [0.15, 0.2) is 12.3 Å². The third-order valence-electron chi connectivity index (χ3n) is 1.80. The fourth-order valence-corrected chi connectivity index (χ4v) is 1.15. The van der Waals surface area contributed by atoms with Gasteiger partial charge >= 0.3 is 0 Å². The van der Waals surface area contributed by atoms with Crippen LogP contribution in [-0.2, 0) is 0 Å². The normalized spacial score (nSPS) is 9.15. The van der Waals surface area contributed by atoms with Crippen molar-refractivity contribution < 1.29 is 0 Å². The Balaban J connectivity index is 3.30. The molecule has 1 N–H and O–H groups in total. The van der Waals surface area contributed by atoms with E-state index < -0.39 is 0 Å². The van der Waals surface area contributed by atoms with Crippen molar-refractivity contribution in [3.05, 3.63) is 29.3 Å². The SMILES string of the molecule is C=C=Cc1c(C)nc(NC)nc1C. The average molecular weight is 175 g/mol.